The van der Waals surface area contributed by atoms with Crippen LogP contribution in [-0.2, 0) is 4.79 Å². The third-order valence-electron chi connectivity index (χ3n) is 4.55. The van der Waals surface area contributed by atoms with Gasteiger partial charge in [0.15, 0.2) is 11.6 Å². The van der Waals surface area contributed by atoms with Crippen LogP contribution < -0.4 is 10.1 Å². The molecule has 2 aromatic carbocycles. The van der Waals surface area contributed by atoms with Crippen molar-refractivity contribution < 1.29 is 18.3 Å². The summed E-state index contributed by atoms with van der Waals surface area (Å²) >= 11 is 0. The Hall–Kier alpha value is -2.43. The summed E-state index contributed by atoms with van der Waals surface area (Å²) in [4.78, 5) is 12.4. The molecule has 0 saturated heterocycles. The van der Waals surface area contributed by atoms with Crippen LogP contribution in [0.2, 0.25) is 0 Å². The summed E-state index contributed by atoms with van der Waals surface area (Å²) in [6.07, 6.45) is 0.660. The Morgan fingerprint density at radius 2 is 1.92 bits per heavy atom. The fraction of sp³-hybridized carbons (Fsp3) is 0.350. The van der Waals surface area contributed by atoms with Crippen LogP contribution in [0.25, 0.3) is 0 Å². The van der Waals surface area contributed by atoms with Crippen LogP contribution in [0.15, 0.2) is 42.5 Å². The van der Waals surface area contributed by atoms with E-state index in [1.165, 1.54) is 6.07 Å². The average molecular weight is 345 g/mol. The first kappa shape index (κ1) is 17.4. The van der Waals surface area contributed by atoms with Gasteiger partial charge in [-0.25, -0.2) is 8.78 Å². The quantitative estimate of drug-likeness (QED) is 0.845. The number of carbonyl (C=O) groups excluding carboxylic acids is 1. The second-order valence-corrected chi connectivity index (χ2v) is 6.35. The van der Waals surface area contributed by atoms with Crippen LogP contribution >= 0.6 is 0 Å². The van der Waals surface area contributed by atoms with Gasteiger partial charge in [-0.3, -0.25) is 4.79 Å². The first-order valence-electron chi connectivity index (χ1n) is 8.47. The van der Waals surface area contributed by atoms with Crippen molar-refractivity contribution in [2.45, 2.75) is 32.2 Å². The summed E-state index contributed by atoms with van der Waals surface area (Å²) in [7, 11) is 0. The molecule has 1 amide bonds. The lowest BCUT2D eigenvalue weighted by atomic mass is 10.1. The van der Waals surface area contributed by atoms with Gasteiger partial charge in [-0.1, -0.05) is 18.2 Å². The Kier molecular flexibility index (Phi) is 5.02. The highest BCUT2D eigenvalue weighted by Crippen LogP contribution is 2.48. The van der Waals surface area contributed by atoms with E-state index in [0.717, 1.165) is 17.4 Å². The summed E-state index contributed by atoms with van der Waals surface area (Å²) in [5.41, 5.74) is 1.66. The van der Waals surface area contributed by atoms with Crippen LogP contribution in [0, 0.1) is 17.6 Å². The summed E-state index contributed by atoms with van der Waals surface area (Å²) < 4.78 is 31.7. The van der Waals surface area contributed by atoms with E-state index < -0.39 is 11.6 Å². The Bertz CT molecular complexity index is 761. The van der Waals surface area contributed by atoms with E-state index in [2.05, 4.69) is 5.32 Å². The molecule has 3 nitrogen and oxygen atoms in total. The maximum Gasteiger partial charge on any atom is 0.224 e. The second-order valence-electron chi connectivity index (χ2n) is 6.35. The van der Waals surface area contributed by atoms with Crippen molar-refractivity contribution in [1.29, 1.82) is 0 Å². The number of nitrogens with one attached hydrogen (secondary N) is 1. The topological polar surface area (TPSA) is 38.3 Å². The van der Waals surface area contributed by atoms with Crippen LogP contribution in [-0.4, -0.2) is 12.5 Å². The molecule has 0 heterocycles. The Balaban J connectivity index is 1.58. The van der Waals surface area contributed by atoms with Gasteiger partial charge in [0.2, 0.25) is 5.91 Å². The smallest absolute Gasteiger partial charge is 0.224 e. The highest BCUT2D eigenvalue weighted by Gasteiger charge is 2.44. The van der Waals surface area contributed by atoms with Crippen molar-refractivity contribution in [1.82, 2.24) is 5.32 Å². The Labute approximate surface area is 146 Å². The molecule has 0 spiro atoms. The first-order valence-corrected chi connectivity index (χ1v) is 8.47. The average Bonchev–Trinajstić information content (AvgIpc) is 3.39. The summed E-state index contributed by atoms with van der Waals surface area (Å²) in [5, 5.41) is 2.99. The largest absolute Gasteiger partial charge is 0.494 e. The van der Waals surface area contributed by atoms with Crippen molar-refractivity contribution in [2.24, 2.45) is 5.92 Å². The lowest BCUT2D eigenvalue weighted by molar-refractivity contribution is -0.123. The Morgan fingerprint density at radius 3 is 2.56 bits per heavy atom. The van der Waals surface area contributed by atoms with Gasteiger partial charge in [0, 0.05) is 5.92 Å². The molecular weight excluding hydrogens is 324 g/mol. The van der Waals surface area contributed by atoms with E-state index in [4.69, 9.17) is 4.74 Å². The van der Waals surface area contributed by atoms with E-state index in [9.17, 15) is 13.6 Å². The van der Waals surface area contributed by atoms with E-state index in [1.54, 1.807) is 6.07 Å². The predicted octanol–water partition coefficient (Wildman–Crippen LogP) is 4.34. The minimum absolute atomic E-state index is 0.0392. The zero-order valence-corrected chi connectivity index (χ0v) is 14.3. The molecule has 3 atom stereocenters. The summed E-state index contributed by atoms with van der Waals surface area (Å²) in [5.74, 6) is -1.22. The minimum Gasteiger partial charge on any atom is -0.494 e. The van der Waals surface area contributed by atoms with Crippen molar-refractivity contribution in [2.75, 3.05) is 6.61 Å². The normalized spacial score (nSPS) is 20.0. The van der Waals surface area contributed by atoms with Crippen molar-refractivity contribution >= 4 is 5.91 Å². The van der Waals surface area contributed by atoms with E-state index >= 15 is 0 Å². The highest BCUT2D eigenvalue weighted by atomic mass is 19.2. The second kappa shape index (κ2) is 7.21. The zero-order chi connectivity index (χ0) is 18.0. The molecule has 25 heavy (non-hydrogen) atoms. The van der Waals surface area contributed by atoms with E-state index in [0.29, 0.717) is 18.6 Å². The van der Waals surface area contributed by atoms with Crippen LogP contribution in [0.5, 0.6) is 5.75 Å². The molecule has 0 aromatic heterocycles. The maximum atomic E-state index is 13.3. The van der Waals surface area contributed by atoms with Crippen molar-refractivity contribution in [3.8, 4) is 5.75 Å². The lowest BCUT2D eigenvalue weighted by Gasteiger charge is -2.15. The van der Waals surface area contributed by atoms with Gasteiger partial charge in [0.25, 0.3) is 0 Å². The minimum atomic E-state index is -0.869. The number of rotatable bonds is 6. The maximum absolute atomic E-state index is 13.3. The van der Waals surface area contributed by atoms with E-state index in [-0.39, 0.29) is 23.8 Å². The van der Waals surface area contributed by atoms with Gasteiger partial charge in [0.1, 0.15) is 5.75 Å². The van der Waals surface area contributed by atoms with Crippen LogP contribution in [0.4, 0.5) is 8.78 Å². The van der Waals surface area contributed by atoms with Gasteiger partial charge < -0.3 is 10.1 Å². The molecule has 1 aliphatic carbocycles. The molecule has 1 aliphatic rings. The molecule has 1 N–H and O–H groups in total. The van der Waals surface area contributed by atoms with Gasteiger partial charge >= 0.3 is 0 Å². The van der Waals surface area contributed by atoms with Gasteiger partial charge in [-0.15, -0.1) is 0 Å². The highest BCUT2D eigenvalue weighted by molar-refractivity contribution is 5.83. The first-order chi connectivity index (χ1) is 12.0. The molecule has 0 radical (unpaired) electrons. The lowest BCUT2D eigenvalue weighted by Crippen LogP contribution is -2.28. The van der Waals surface area contributed by atoms with Gasteiger partial charge in [-0.2, -0.15) is 0 Å². The molecular formula is C20H21F2NO2. The molecule has 132 valence electrons. The predicted molar refractivity (Wildman–Crippen MR) is 91.4 cm³/mol. The molecule has 5 heteroatoms. The number of carbonyl (C=O) groups is 1. The summed E-state index contributed by atoms with van der Waals surface area (Å²) in [6, 6.07) is 11.3. The molecule has 1 saturated carbocycles. The number of benzene rings is 2. The Morgan fingerprint density at radius 1 is 1.20 bits per heavy atom. The molecule has 2 aromatic rings. The standard InChI is InChI=1S/C20H21F2NO2/c1-3-25-15-7-4-13(5-8-15)12(2)23-20(24)17-11-16(17)14-6-9-18(21)19(22)10-14/h4-10,12,16-17H,3,11H2,1-2H3,(H,23,24). The van der Waals surface area contributed by atoms with Gasteiger partial charge in [-0.05, 0) is 61.6 Å². The van der Waals surface area contributed by atoms with Crippen LogP contribution in [0.3, 0.4) is 0 Å². The third kappa shape index (κ3) is 3.98. The van der Waals surface area contributed by atoms with Crippen LogP contribution in [0.1, 0.15) is 43.4 Å². The summed E-state index contributed by atoms with van der Waals surface area (Å²) in [6.45, 7) is 4.46. The molecule has 3 unspecified atom stereocenters. The van der Waals surface area contributed by atoms with Gasteiger partial charge in [0.05, 0.1) is 12.6 Å². The number of amides is 1. The van der Waals surface area contributed by atoms with Crippen molar-refractivity contribution in [3.63, 3.8) is 0 Å². The number of hydrogen-bond acceptors (Lipinski definition) is 2. The van der Waals surface area contributed by atoms with E-state index in [1.807, 2.05) is 38.1 Å². The number of hydrogen-bond donors (Lipinski definition) is 1. The SMILES string of the molecule is CCOc1ccc(C(C)NC(=O)C2CC2c2ccc(F)c(F)c2)cc1. The molecule has 3 rings (SSSR count). The fourth-order valence-corrected chi connectivity index (χ4v) is 3.02. The molecule has 0 bridgehead atoms. The molecule has 1 fully saturated rings. The zero-order valence-electron chi connectivity index (χ0n) is 14.3. The number of halogens is 2. The molecule has 0 aliphatic heterocycles. The fourth-order valence-electron chi connectivity index (χ4n) is 3.02. The monoisotopic (exact) mass is 345 g/mol. The number of ether oxygens (including phenoxy) is 1. The van der Waals surface area contributed by atoms with Crippen molar-refractivity contribution in [3.05, 3.63) is 65.2 Å². The third-order valence-corrected chi connectivity index (χ3v) is 4.55.